The second kappa shape index (κ2) is 6.44. The number of benzene rings is 2. The number of Topliss-reactive ketones (excluding diaryl/α,β-unsaturated/α-hetero) is 2. The molecule has 5 rings (SSSR count). The van der Waals surface area contributed by atoms with E-state index in [-0.39, 0.29) is 28.2 Å². The van der Waals surface area contributed by atoms with E-state index >= 15 is 0 Å². The van der Waals surface area contributed by atoms with Gasteiger partial charge in [-0.25, -0.2) is 0 Å². The standard InChI is InChI=1S/C24H20N2O5/c1-24(2)10-16-20(18(28)11-24)19(15-9-12(26(30)31)7-8-17(15)27)21-22(25-16)13-5-3-4-6-14(13)23(21)29/h3-9,19-20,27H,10-11H2,1-2H3/p-1/t19-,20?/m0/s1. The van der Waals surface area contributed by atoms with Crippen LogP contribution in [0.25, 0.3) is 5.70 Å². The number of allylic oxidation sites excluding steroid dienone is 1. The molecule has 0 amide bonds. The van der Waals surface area contributed by atoms with E-state index in [4.69, 9.17) is 4.99 Å². The molecular formula is C24H19N2O5-. The molecule has 7 nitrogen and oxygen atoms in total. The van der Waals surface area contributed by atoms with Crippen molar-refractivity contribution in [2.75, 3.05) is 0 Å². The Morgan fingerprint density at radius 3 is 2.45 bits per heavy atom. The topological polar surface area (TPSA) is 113 Å². The Balaban J connectivity index is 1.79. The van der Waals surface area contributed by atoms with Crippen molar-refractivity contribution in [1.29, 1.82) is 0 Å². The fourth-order valence-electron chi connectivity index (χ4n) is 5.15. The van der Waals surface area contributed by atoms with Crippen molar-refractivity contribution in [2.24, 2.45) is 16.3 Å². The normalized spacial score (nSPS) is 23.7. The summed E-state index contributed by atoms with van der Waals surface area (Å²) in [5.41, 5.74) is 2.13. The third-order valence-electron chi connectivity index (χ3n) is 6.38. The molecule has 2 atom stereocenters. The number of hydrogen-bond acceptors (Lipinski definition) is 6. The van der Waals surface area contributed by atoms with Gasteiger partial charge in [-0.15, -0.1) is 5.75 Å². The highest BCUT2D eigenvalue weighted by molar-refractivity contribution is 6.25. The molecule has 0 spiro atoms. The van der Waals surface area contributed by atoms with Crippen LogP contribution < -0.4 is 5.11 Å². The Kier molecular flexibility index (Phi) is 4.02. The number of fused-ring (bicyclic) bond motifs is 3. The maximum atomic E-state index is 13.4. The van der Waals surface area contributed by atoms with Crippen molar-refractivity contribution in [3.05, 3.63) is 74.8 Å². The minimum absolute atomic E-state index is 0.0961. The molecule has 1 unspecified atom stereocenters. The molecule has 0 radical (unpaired) electrons. The van der Waals surface area contributed by atoms with E-state index in [1.165, 1.54) is 6.07 Å². The number of nitro benzene ring substituents is 1. The van der Waals surface area contributed by atoms with Crippen LogP contribution in [0.15, 0.2) is 53.0 Å². The lowest BCUT2D eigenvalue weighted by Crippen LogP contribution is -2.43. The van der Waals surface area contributed by atoms with Crippen LogP contribution in [0, 0.1) is 21.4 Å². The summed E-state index contributed by atoms with van der Waals surface area (Å²) in [7, 11) is 0. The third kappa shape index (κ3) is 2.84. The van der Waals surface area contributed by atoms with Gasteiger partial charge in [0.05, 0.1) is 16.5 Å². The molecule has 7 heteroatoms. The molecular weight excluding hydrogens is 396 g/mol. The molecule has 0 bridgehead atoms. The minimum Gasteiger partial charge on any atom is -0.872 e. The molecule has 2 aromatic rings. The lowest BCUT2D eigenvalue weighted by Gasteiger charge is -2.41. The van der Waals surface area contributed by atoms with Crippen LogP contribution in [-0.2, 0) is 4.79 Å². The summed E-state index contributed by atoms with van der Waals surface area (Å²) in [6.07, 6.45) is 0.843. The van der Waals surface area contributed by atoms with Crippen molar-refractivity contribution in [3.8, 4) is 5.75 Å². The predicted molar refractivity (Wildman–Crippen MR) is 112 cm³/mol. The molecule has 3 aliphatic rings. The Labute approximate surface area is 178 Å². The SMILES string of the molecule is CC1(C)CC(=O)C2C(=NC3=C(C(=O)c4ccccc43)[C@H]2c2cc([N+](=O)[O-])ccc2[O-])C1. The molecule has 2 aromatic carbocycles. The van der Waals surface area contributed by atoms with Gasteiger partial charge in [0.25, 0.3) is 5.69 Å². The van der Waals surface area contributed by atoms with Gasteiger partial charge in [-0.05, 0) is 17.4 Å². The van der Waals surface area contributed by atoms with Gasteiger partial charge in [0, 0.05) is 46.9 Å². The molecule has 156 valence electrons. The van der Waals surface area contributed by atoms with Gasteiger partial charge in [-0.2, -0.15) is 0 Å². The lowest BCUT2D eigenvalue weighted by atomic mass is 9.63. The van der Waals surface area contributed by atoms with Gasteiger partial charge in [0.1, 0.15) is 5.78 Å². The van der Waals surface area contributed by atoms with Crippen LogP contribution in [0.1, 0.15) is 54.1 Å². The monoisotopic (exact) mass is 415 g/mol. The van der Waals surface area contributed by atoms with Crippen LogP contribution in [0.4, 0.5) is 5.69 Å². The number of ketones is 2. The van der Waals surface area contributed by atoms with Gasteiger partial charge in [0.15, 0.2) is 5.78 Å². The first-order chi connectivity index (χ1) is 14.7. The summed E-state index contributed by atoms with van der Waals surface area (Å²) in [6, 6.07) is 10.6. The van der Waals surface area contributed by atoms with E-state index in [1.807, 2.05) is 19.9 Å². The largest absolute Gasteiger partial charge is 0.872 e. The van der Waals surface area contributed by atoms with E-state index in [0.29, 0.717) is 41.0 Å². The van der Waals surface area contributed by atoms with Crippen LogP contribution in [0.2, 0.25) is 0 Å². The Morgan fingerprint density at radius 2 is 1.74 bits per heavy atom. The zero-order valence-electron chi connectivity index (χ0n) is 17.0. The molecule has 1 heterocycles. The average Bonchev–Trinajstić information content (AvgIpc) is 2.98. The predicted octanol–water partition coefficient (Wildman–Crippen LogP) is 3.82. The number of nitrogens with zero attached hydrogens (tertiary/aromatic N) is 2. The Bertz CT molecular complexity index is 1250. The summed E-state index contributed by atoms with van der Waals surface area (Å²) < 4.78 is 0. The average molecular weight is 415 g/mol. The summed E-state index contributed by atoms with van der Waals surface area (Å²) in [4.78, 5) is 42.2. The number of aliphatic imine (C=N–C) groups is 1. The first-order valence-corrected chi connectivity index (χ1v) is 10.1. The van der Waals surface area contributed by atoms with Gasteiger partial charge in [0.2, 0.25) is 0 Å². The molecule has 31 heavy (non-hydrogen) atoms. The molecule has 0 N–H and O–H groups in total. The number of carbonyl (C=O) groups excluding carboxylic acids is 2. The van der Waals surface area contributed by atoms with Crippen molar-refractivity contribution in [2.45, 2.75) is 32.6 Å². The first kappa shape index (κ1) is 19.4. The smallest absolute Gasteiger partial charge is 0.269 e. The van der Waals surface area contributed by atoms with Crippen molar-refractivity contribution < 1.29 is 19.6 Å². The van der Waals surface area contributed by atoms with E-state index in [0.717, 1.165) is 12.1 Å². The van der Waals surface area contributed by atoms with Crippen molar-refractivity contribution in [3.63, 3.8) is 0 Å². The Morgan fingerprint density at radius 1 is 1.03 bits per heavy atom. The highest BCUT2D eigenvalue weighted by atomic mass is 16.6. The quantitative estimate of drug-likeness (QED) is 0.547. The van der Waals surface area contributed by atoms with Crippen LogP contribution in [-0.4, -0.2) is 22.2 Å². The van der Waals surface area contributed by atoms with Gasteiger partial charge < -0.3 is 5.11 Å². The molecule has 1 fully saturated rings. The van der Waals surface area contributed by atoms with E-state index < -0.39 is 22.5 Å². The number of carbonyl (C=O) groups is 2. The highest BCUT2D eigenvalue weighted by Gasteiger charge is 2.50. The zero-order chi connectivity index (χ0) is 22.1. The maximum Gasteiger partial charge on any atom is 0.269 e. The molecule has 1 aliphatic heterocycles. The lowest BCUT2D eigenvalue weighted by molar-refractivity contribution is -0.385. The Hall–Kier alpha value is -3.61. The number of hydrogen-bond donors (Lipinski definition) is 0. The van der Waals surface area contributed by atoms with Crippen molar-refractivity contribution >= 4 is 28.7 Å². The molecule has 1 saturated carbocycles. The number of non-ortho nitro benzene ring substituents is 1. The minimum atomic E-state index is -0.876. The fraction of sp³-hybridized carbons (Fsp3) is 0.292. The van der Waals surface area contributed by atoms with E-state index in [1.54, 1.807) is 18.2 Å². The third-order valence-corrected chi connectivity index (χ3v) is 6.38. The first-order valence-electron chi connectivity index (χ1n) is 10.1. The second-order valence-corrected chi connectivity index (χ2v) is 9.16. The van der Waals surface area contributed by atoms with Gasteiger partial charge in [-0.1, -0.05) is 44.2 Å². The van der Waals surface area contributed by atoms with Crippen LogP contribution in [0.3, 0.4) is 0 Å². The van der Waals surface area contributed by atoms with Gasteiger partial charge in [-0.3, -0.25) is 24.7 Å². The molecule has 0 saturated heterocycles. The zero-order valence-corrected chi connectivity index (χ0v) is 17.0. The van der Waals surface area contributed by atoms with Crippen molar-refractivity contribution in [1.82, 2.24) is 0 Å². The summed E-state index contributed by atoms with van der Waals surface area (Å²) in [6.45, 7) is 3.98. The summed E-state index contributed by atoms with van der Waals surface area (Å²) >= 11 is 0. The van der Waals surface area contributed by atoms with Crippen LogP contribution in [0.5, 0.6) is 5.75 Å². The van der Waals surface area contributed by atoms with Crippen LogP contribution >= 0.6 is 0 Å². The van der Waals surface area contributed by atoms with Gasteiger partial charge >= 0.3 is 0 Å². The van der Waals surface area contributed by atoms with E-state index in [2.05, 4.69) is 0 Å². The number of rotatable bonds is 2. The summed E-state index contributed by atoms with van der Waals surface area (Å²) in [5, 5.41) is 24.2. The summed E-state index contributed by atoms with van der Waals surface area (Å²) in [5.74, 6) is -2.44. The maximum absolute atomic E-state index is 13.4. The molecule has 2 aliphatic carbocycles. The highest BCUT2D eigenvalue weighted by Crippen LogP contribution is 2.53. The molecule has 0 aromatic heterocycles. The fourth-order valence-corrected chi connectivity index (χ4v) is 5.15. The van der Waals surface area contributed by atoms with E-state index in [9.17, 15) is 24.8 Å². The second-order valence-electron chi connectivity index (χ2n) is 9.16. The number of nitro groups is 1.